The summed E-state index contributed by atoms with van der Waals surface area (Å²) < 4.78 is 10.6. The van der Waals surface area contributed by atoms with Crippen LogP contribution in [0.4, 0.5) is 5.69 Å². The lowest BCUT2D eigenvalue weighted by molar-refractivity contribution is -0.139. The summed E-state index contributed by atoms with van der Waals surface area (Å²) in [5, 5.41) is 5.30. The molecule has 1 heterocycles. The highest BCUT2D eigenvalue weighted by Crippen LogP contribution is 2.18. The summed E-state index contributed by atoms with van der Waals surface area (Å²) >= 11 is 0. The van der Waals surface area contributed by atoms with Crippen LogP contribution in [0, 0.1) is 0 Å². The Morgan fingerprint density at radius 1 is 1.00 bits per heavy atom. The zero-order valence-electron chi connectivity index (χ0n) is 17.4. The molecule has 0 atom stereocenters. The molecule has 1 aliphatic heterocycles. The van der Waals surface area contributed by atoms with E-state index in [4.69, 9.17) is 9.47 Å². The van der Waals surface area contributed by atoms with Crippen LogP contribution in [0.5, 0.6) is 5.75 Å². The molecule has 30 heavy (non-hydrogen) atoms. The molecule has 3 rings (SSSR count). The van der Waals surface area contributed by atoms with Crippen LogP contribution in [-0.2, 0) is 27.3 Å². The van der Waals surface area contributed by atoms with Crippen LogP contribution in [0.15, 0.2) is 48.5 Å². The van der Waals surface area contributed by atoms with Crippen LogP contribution in [0.2, 0.25) is 0 Å². The van der Waals surface area contributed by atoms with Gasteiger partial charge in [-0.15, -0.1) is 0 Å². The van der Waals surface area contributed by atoms with E-state index in [0.29, 0.717) is 12.3 Å². The van der Waals surface area contributed by atoms with Crippen molar-refractivity contribution in [3.63, 3.8) is 0 Å². The number of morpholine rings is 1. The normalized spacial score (nSPS) is 13.6. The SMILES string of the molecule is COc1ccccc1CNC(=O)C(=O)NCCCc1ccc(N2CCOCC2)cc1. The maximum atomic E-state index is 12.0. The second-order valence-corrected chi connectivity index (χ2v) is 7.12. The van der Waals surface area contributed by atoms with Crippen molar-refractivity contribution in [1.29, 1.82) is 0 Å². The Labute approximate surface area is 177 Å². The number of aryl methyl sites for hydroxylation is 1. The molecule has 0 unspecified atom stereocenters. The summed E-state index contributed by atoms with van der Waals surface area (Å²) in [6, 6.07) is 15.9. The highest BCUT2D eigenvalue weighted by Gasteiger charge is 2.13. The van der Waals surface area contributed by atoms with Crippen LogP contribution in [0.25, 0.3) is 0 Å². The molecule has 1 saturated heterocycles. The minimum atomic E-state index is -0.643. The maximum Gasteiger partial charge on any atom is 0.309 e. The number of rotatable bonds is 8. The molecule has 1 fully saturated rings. The number of benzene rings is 2. The summed E-state index contributed by atoms with van der Waals surface area (Å²) in [5.74, 6) is -0.582. The number of ether oxygens (including phenoxy) is 2. The number of anilines is 1. The van der Waals surface area contributed by atoms with Crippen LogP contribution in [-0.4, -0.2) is 51.8 Å². The van der Waals surface area contributed by atoms with Crippen molar-refractivity contribution in [3.05, 3.63) is 59.7 Å². The molecule has 160 valence electrons. The van der Waals surface area contributed by atoms with Crippen molar-refractivity contribution in [2.45, 2.75) is 19.4 Å². The van der Waals surface area contributed by atoms with Crippen LogP contribution < -0.4 is 20.3 Å². The first-order valence-electron chi connectivity index (χ1n) is 10.3. The van der Waals surface area contributed by atoms with Crippen LogP contribution >= 0.6 is 0 Å². The first kappa shape index (κ1) is 21.6. The predicted octanol–water partition coefficient (Wildman–Crippen LogP) is 1.90. The lowest BCUT2D eigenvalue weighted by Gasteiger charge is -2.28. The summed E-state index contributed by atoms with van der Waals surface area (Å²) in [6.45, 7) is 4.08. The van der Waals surface area contributed by atoms with Crippen molar-refractivity contribution in [1.82, 2.24) is 10.6 Å². The Hall–Kier alpha value is -3.06. The second-order valence-electron chi connectivity index (χ2n) is 7.12. The van der Waals surface area contributed by atoms with Gasteiger partial charge in [0.05, 0.1) is 20.3 Å². The van der Waals surface area contributed by atoms with Gasteiger partial charge >= 0.3 is 11.8 Å². The highest BCUT2D eigenvalue weighted by molar-refractivity contribution is 6.35. The van der Waals surface area contributed by atoms with E-state index in [2.05, 4.69) is 39.8 Å². The number of carbonyl (C=O) groups excluding carboxylic acids is 2. The number of para-hydroxylation sites is 1. The van der Waals surface area contributed by atoms with Gasteiger partial charge in [-0.3, -0.25) is 9.59 Å². The van der Waals surface area contributed by atoms with E-state index in [1.807, 2.05) is 24.3 Å². The van der Waals surface area contributed by atoms with Gasteiger partial charge in [-0.2, -0.15) is 0 Å². The lowest BCUT2D eigenvalue weighted by Crippen LogP contribution is -2.40. The van der Waals surface area contributed by atoms with E-state index in [1.165, 1.54) is 11.3 Å². The molecule has 2 aromatic rings. The van der Waals surface area contributed by atoms with E-state index < -0.39 is 11.8 Å². The van der Waals surface area contributed by atoms with E-state index in [-0.39, 0.29) is 6.54 Å². The fourth-order valence-electron chi connectivity index (χ4n) is 3.37. The Kier molecular flexibility index (Phi) is 8.09. The molecule has 0 bridgehead atoms. The molecule has 2 amide bonds. The summed E-state index contributed by atoms with van der Waals surface area (Å²) in [6.07, 6.45) is 1.61. The van der Waals surface area contributed by atoms with Gasteiger partial charge in [0.25, 0.3) is 0 Å². The molecule has 7 nitrogen and oxygen atoms in total. The van der Waals surface area contributed by atoms with Crippen LogP contribution in [0.1, 0.15) is 17.5 Å². The van der Waals surface area contributed by atoms with E-state index in [0.717, 1.165) is 44.7 Å². The van der Waals surface area contributed by atoms with E-state index in [9.17, 15) is 9.59 Å². The molecule has 0 saturated carbocycles. The Morgan fingerprint density at radius 2 is 1.70 bits per heavy atom. The number of nitrogens with one attached hydrogen (secondary N) is 2. The Bertz CT molecular complexity index is 833. The summed E-state index contributed by atoms with van der Waals surface area (Å²) in [7, 11) is 1.57. The second kappa shape index (κ2) is 11.2. The fraction of sp³-hybridized carbons (Fsp3) is 0.391. The lowest BCUT2D eigenvalue weighted by atomic mass is 10.1. The molecule has 2 aromatic carbocycles. The Balaban J connectivity index is 1.35. The molecular formula is C23H29N3O4. The molecule has 0 spiro atoms. The molecule has 1 aliphatic rings. The number of amides is 2. The highest BCUT2D eigenvalue weighted by atomic mass is 16.5. The van der Waals surface area contributed by atoms with Crippen molar-refractivity contribution in [2.75, 3.05) is 44.9 Å². The number of methoxy groups -OCH3 is 1. The van der Waals surface area contributed by atoms with Gasteiger partial charge < -0.3 is 25.0 Å². The van der Waals surface area contributed by atoms with Gasteiger partial charge in [-0.05, 0) is 36.6 Å². The minimum Gasteiger partial charge on any atom is -0.496 e. The largest absolute Gasteiger partial charge is 0.496 e. The molecule has 2 N–H and O–H groups in total. The third kappa shape index (κ3) is 6.22. The van der Waals surface area contributed by atoms with Gasteiger partial charge in [0.1, 0.15) is 5.75 Å². The van der Waals surface area contributed by atoms with Gasteiger partial charge in [0.2, 0.25) is 0 Å². The quantitative estimate of drug-likeness (QED) is 0.512. The smallest absolute Gasteiger partial charge is 0.309 e. The molecule has 0 aromatic heterocycles. The first-order chi connectivity index (χ1) is 14.7. The van der Waals surface area contributed by atoms with E-state index in [1.54, 1.807) is 7.11 Å². The van der Waals surface area contributed by atoms with Crippen molar-refractivity contribution in [2.24, 2.45) is 0 Å². The number of hydrogen-bond acceptors (Lipinski definition) is 5. The van der Waals surface area contributed by atoms with Gasteiger partial charge in [-0.25, -0.2) is 0 Å². The zero-order chi connectivity index (χ0) is 21.2. The summed E-state index contributed by atoms with van der Waals surface area (Å²) in [4.78, 5) is 26.3. The average molecular weight is 412 g/mol. The van der Waals surface area contributed by atoms with Gasteiger partial charge in [0, 0.05) is 37.4 Å². The van der Waals surface area contributed by atoms with Crippen LogP contribution in [0.3, 0.4) is 0 Å². The summed E-state index contributed by atoms with van der Waals surface area (Å²) in [5.41, 5.74) is 3.24. The van der Waals surface area contributed by atoms with Crippen molar-refractivity contribution >= 4 is 17.5 Å². The number of hydrogen-bond donors (Lipinski definition) is 2. The zero-order valence-corrected chi connectivity index (χ0v) is 17.4. The average Bonchev–Trinajstić information content (AvgIpc) is 2.81. The standard InChI is InChI=1S/C23H29N3O4/c1-29-21-7-3-2-6-19(21)17-25-23(28)22(27)24-12-4-5-18-8-10-20(11-9-18)26-13-15-30-16-14-26/h2-3,6-11H,4-5,12-17H2,1H3,(H,24,27)(H,25,28). The van der Waals surface area contributed by atoms with Gasteiger partial charge in [0.15, 0.2) is 0 Å². The molecule has 7 heteroatoms. The third-order valence-electron chi connectivity index (χ3n) is 5.08. The minimum absolute atomic E-state index is 0.242. The maximum absolute atomic E-state index is 12.0. The van der Waals surface area contributed by atoms with Gasteiger partial charge in [-0.1, -0.05) is 30.3 Å². The number of nitrogens with zero attached hydrogens (tertiary/aromatic N) is 1. The predicted molar refractivity (Wildman–Crippen MR) is 116 cm³/mol. The van der Waals surface area contributed by atoms with Crippen molar-refractivity contribution in [3.8, 4) is 5.75 Å². The van der Waals surface area contributed by atoms with Crippen molar-refractivity contribution < 1.29 is 19.1 Å². The first-order valence-corrected chi connectivity index (χ1v) is 10.3. The molecular weight excluding hydrogens is 382 g/mol. The molecule has 0 aliphatic carbocycles. The fourth-order valence-corrected chi connectivity index (χ4v) is 3.37. The molecule has 0 radical (unpaired) electrons. The third-order valence-corrected chi connectivity index (χ3v) is 5.08. The Morgan fingerprint density at radius 3 is 2.43 bits per heavy atom. The topological polar surface area (TPSA) is 79.9 Å². The van der Waals surface area contributed by atoms with E-state index >= 15 is 0 Å². The monoisotopic (exact) mass is 411 g/mol. The number of carbonyl (C=O) groups is 2.